The minimum Gasteiger partial charge on any atom is -0.311 e. The lowest BCUT2D eigenvalue weighted by atomic mass is 10.2. The van der Waals surface area contributed by atoms with Gasteiger partial charge in [-0.05, 0) is 25.2 Å². The highest BCUT2D eigenvalue weighted by Crippen LogP contribution is 2.39. The lowest BCUT2D eigenvalue weighted by Gasteiger charge is -2.32. The number of hydrogen-bond donors (Lipinski definition) is 1. The summed E-state index contributed by atoms with van der Waals surface area (Å²) < 4.78 is 1.01. The molecule has 0 fully saturated rings. The average molecular weight is 315 g/mol. The Labute approximate surface area is 114 Å². The fourth-order valence-electron chi connectivity index (χ4n) is 1.89. The van der Waals surface area contributed by atoms with Crippen LogP contribution in [0.5, 0.6) is 0 Å². The number of benzene rings is 1. The van der Waals surface area contributed by atoms with Crippen LogP contribution in [0.3, 0.4) is 0 Å². The van der Waals surface area contributed by atoms with Gasteiger partial charge in [-0.2, -0.15) is 0 Å². The molecule has 0 saturated carbocycles. The van der Waals surface area contributed by atoms with E-state index in [4.69, 9.17) is 0 Å². The summed E-state index contributed by atoms with van der Waals surface area (Å²) in [6.07, 6.45) is 0. The van der Waals surface area contributed by atoms with Crippen molar-refractivity contribution >= 4 is 39.3 Å². The normalized spacial score (nSPS) is 19.0. The van der Waals surface area contributed by atoms with Crippen LogP contribution in [0, 0.1) is 0 Å². The number of nitrogens with zero attached hydrogens (tertiary/aromatic N) is 1. The van der Waals surface area contributed by atoms with Crippen molar-refractivity contribution in [1.82, 2.24) is 5.32 Å². The summed E-state index contributed by atoms with van der Waals surface area (Å²) in [5.41, 5.74) is 1.02. The number of amides is 1. The van der Waals surface area contributed by atoms with Gasteiger partial charge < -0.3 is 10.2 Å². The van der Waals surface area contributed by atoms with Crippen molar-refractivity contribution in [2.75, 3.05) is 25.0 Å². The highest BCUT2D eigenvalue weighted by molar-refractivity contribution is 9.10. The Morgan fingerprint density at radius 3 is 3.12 bits per heavy atom. The van der Waals surface area contributed by atoms with Crippen molar-refractivity contribution in [3.63, 3.8) is 0 Å². The van der Waals surface area contributed by atoms with E-state index in [9.17, 15) is 4.79 Å². The minimum absolute atomic E-state index is 0.124. The Morgan fingerprint density at radius 1 is 1.65 bits per heavy atom. The monoisotopic (exact) mass is 314 g/mol. The largest absolute Gasteiger partial charge is 0.311 e. The topological polar surface area (TPSA) is 32.3 Å². The lowest BCUT2D eigenvalue weighted by Crippen LogP contribution is -2.42. The molecule has 92 valence electrons. The molecule has 3 nitrogen and oxygen atoms in total. The average Bonchev–Trinajstić information content (AvgIpc) is 2.29. The van der Waals surface area contributed by atoms with E-state index in [1.54, 1.807) is 7.05 Å². The minimum atomic E-state index is 0.124. The van der Waals surface area contributed by atoms with E-state index in [0.717, 1.165) is 16.7 Å². The Balaban J connectivity index is 2.35. The van der Waals surface area contributed by atoms with Crippen molar-refractivity contribution in [2.45, 2.75) is 17.1 Å². The van der Waals surface area contributed by atoms with Crippen molar-refractivity contribution in [3.8, 4) is 0 Å². The summed E-state index contributed by atoms with van der Waals surface area (Å²) >= 11 is 5.28. The van der Waals surface area contributed by atoms with Crippen LogP contribution >= 0.6 is 27.7 Å². The molecule has 1 aliphatic heterocycles. The van der Waals surface area contributed by atoms with Crippen molar-refractivity contribution in [2.24, 2.45) is 0 Å². The number of rotatable bonds is 2. The molecule has 1 aromatic rings. The maximum absolute atomic E-state index is 12.1. The van der Waals surface area contributed by atoms with E-state index in [0.29, 0.717) is 11.8 Å². The zero-order chi connectivity index (χ0) is 12.4. The molecule has 0 bridgehead atoms. The molecule has 1 heterocycles. The third-order valence-corrected chi connectivity index (χ3v) is 4.25. The number of likely N-dealkylation sites (N-methyl/N-ethyl adjacent to an activating group) is 1. The number of hydrogen-bond acceptors (Lipinski definition) is 3. The number of thioether (sulfide) groups is 1. The quantitative estimate of drug-likeness (QED) is 0.910. The number of fused-ring (bicyclic) bond motifs is 1. The summed E-state index contributed by atoms with van der Waals surface area (Å²) in [5.74, 6) is 0.124. The Kier molecular flexibility index (Phi) is 4.12. The second-order valence-electron chi connectivity index (χ2n) is 4.08. The first kappa shape index (κ1) is 12.9. The number of halogens is 1. The molecule has 0 aliphatic carbocycles. The third-order valence-electron chi connectivity index (χ3n) is 2.61. The zero-order valence-corrected chi connectivity index (χ0v) is 12.3. The van der Waals surface area contributed by atoms with Crippen LogP contribution in [0.1, 0.15) is 6.92 Å². The summed E-state index contributed by atoms with van der Waals surface area (Å²) in [6, 6.07) is 6.10. The maximum atomic E-state index is 12.1. The molecule has 5 heteroatoms. The fourth-order valence-corrected chi connectivity index (χ4v) is 3.34. The number of anilines is 1. The van der Waals surface area contributed by atoms with E-state index in [1.165, 1.54) is 4.90 Å². The highest BCUT2D eigenvalue weighted by atomic mass is 79.9. The molecule has 0 saturated heterocycles. The maximum Gasteiger partial charge on any atom is 0.241 e. The molecule has 2 rings (SSSR count). The smallest absolute Gasteiger partial charge is 0.241 e. The molecular weight excluding hydrogens is 300 g/mol. The molecular formula is C12H15BrN2OS. The number of nitrogens with one attached hydrogen (secondary N) is 1. The van der Waals surface area contributed by atoms with Gasteiger partial charge in [-0.15, -0.1) is 11.8 Å². The summed E-state index contributed by atoms with van der Waals surface area (Å²) in [5, 5.41) is 3.35. The molecule has 1 aliphatic rings. The highest BCUT2D eigenvalue weighted by Gasteiger charge is 2.26. The van der Waals surface area contributed by atoms with Crippen LogP contribution in [-0.2, 0) is 4.79 Å². The van der Waals surface area contributed by atoms with Gasteiger partial charge in [-0.1, -0.05) is 22.9 Å². The predicted octanol–water partition coefficient (Wildman–Crippen LogP) is 2.50. The van der Waals surface area contributed by atoms with Crippen LogP contribution in [0.2, 0.25) is 0 Å². The number of carbonyl (C=O) groups excluding carboxylic acids is 1. The molecule has 0 spiro atoms. The molecule has 17 heavy (non-hydrogen) atoms. The molecule has 0 radical (unpaired) electrons. The van der Waals surface area contributed by atoms with Gasteiger partial charge in [0.25, 0.3) is 0 Å². The van der Waals surface area contributed by atoms with Crippen molar-refractivity contribution in [1.29, 1.82) is 0 Å². The Hall–Kier alpha value is -0.520. The van der Waals surface area contributed by atoms with E-state index >= 15 is 0 Å². The summed E-state index contributed by atoms with van der Waals surface area (Å²) in [4.78, 5) is 15.1. The van der Waals surface area contributed by atoms with Gasteiger partial charge in [0, 0.05) is 21.2 Å². The fraction of sp³-hybridized carbons (Fsp3) is 0.417. The molecule has 1 aromatic carbocycles. The van der Waals surface area contributed by atoms with Gasteiger partial charge in [0.05, 0.1) is 12.2 Å². The van der Waals surface area contributed by atoms with Gasteiger partial charge >= 0.3 is 0 Å². The van der Waals surface area contributed by atoms with Crippen LogP contribution in [0.25, 0.3) is 0 Å². The van der Waals surface area contributed by atoms with Crippen molar-refractivity contribution in [3.05, 3.63) is 22.7 Å². The van der Waals surface area contributed by atoms with E-state index in [2.05, 4.69) is 34.2 Å². The van der Waals surface area contributed by atoms with Gasteiger partial charge in [0.15, 0.2) is 0 Å². The molecule has 1 unspecified atom stereocenters. The Bertz CT molecular complexity index is 439. The Morgan fingerprint density at radius 2 is 2.41 bits per heavy atom. The molecule has 1 atom stereocenters. The van der Waals surface area contributed by atoms with Crippen LogP contribution in [0.15, 0.2) is 27.6 Å². The zero-order valence-electron chi connectivity index (χ0n) is 9.87. The van der Waals surface area contributed by atoms with Crippen LogP contribution in [-0.4, -0.2) is 31.3 Å². The second kappa shape index (κ2) is 5.42. The summed E-state index contributed by atoms with van der Waals surface area (Å²) in [6.45, 7) is 3.30. The molecule has 1 amide bonds. The van der Waals surface area contributed by atoms with Crippen LogP contribution in [0.4, 0.5) is 5.69 Å². The first-order chi connectivity index (χ1) is 8.11. The van der Waals surface area contributed by atoms with Crippen LogP contribution < -0.4 is 10.2 Å². The number of carbonyl (C=O) groups is 1. The van der Waals surface area contributed by atoms with E-state index in [1.807, 2.05) is 28.8 Å². The van der Waals surface area contributed by atoms with E-state index < -0.39 is 0 Å². The first-order valence-corrected chi connectivity index (χ1v) is 7.20. The van der Waals surface area contributed by atoms with Gasteiger partial charge in [-0.3, -0.25) is 4.79 Å². The lowest BCUT2D eigenvalue weighted by molar-refractivity contribution is -0.117. The van der Waals surface area contributed by atoms with Crippen molar-refractivity contribution < 1.29 is 4.79 Å². The standard InChI is InChI=1S/C12H15BrN2OS/c1-8-7-15(12(16)6-14-2)10-5-9(13)3-4-11(10)17-8/h3-5,8,14H,6-7H2,1-2H3. The SMILES string of the molecule is CNCC(=O)N1CC(C)Sc2ccc(Br)cc21. The summed E-state index contributed by atoms with van der Waals surface area (Å²) in [7, 11) is 1.79. The van der Waals surface area contributed by atoms with Gasteiger partial charge in [0.2, 0.25) is 5.91 Å². The second-order valence-corrected chi connectivity index (χ2v) is 6.47. The molecule has 1 N–H and O–H groups in total. The van der Waals surface area contributed by atoms with E-state index in [-0.39, 0.29) is 5.91 Å². The van der Waals surface area contributed by atoms with Gasteiger partial charge in [-0.25, -0.2) is 0 Å². The first-order valence-electron chi connectivity index (χ1n) is 5.53. The molecule has 0 aromatic heterocycles. The third kappa shape index (κ3) is 2.84. The predicted molar refractivity (Wildman–Crippen MR) is 75.7 cm³/mol. The van der Waals surface area contributed by atoms with Gasteiger partial charge in [0.1, 0.15) is 0 Å².